The van der Waals surface area contributed by atoms with Crippen LogP contribution in [-0.4, -0.2) is 30.8 Å². The second-order valence-corrected chi connectivity index (χ2v) is 8.38. The van der Waals surface area contributed by atoms with Gasteiger partial charge in [-0.15, -0.1) is 11.3 Å². The molecule has 27 heavy (non-hydrogen) atoms. The molecule has 2 aromatic rings. The molecule has 5 nitrogen and oxygen atoms in total. The van der Waals surface area contributed by atoms with Crippen molar-refractivity contribution in [2.45, 2.75) is 44.4 Å². The fourth-order valence-electron chi connectivity index (χ4n) is 3.99. The highest BCUT2D eigenvalue weighted by Crippen LogP contribution is 2.38. The molecule has 1 saturated carbocycles. The number of nitrogens with one attached hydrogen (secondary N) is 2. The Kier molecular flexibility index (Phi) is 6.04. The molecule has 2 N–H and O–H groups in total. The van der Waals surface area contributed by atoms with Crippen molar-refractivity contribution in [1.29, 1.82) is 0 Å². The number of benzene rings is 1. The minimum atomic E-state index is -0.381. The van der Waals surface area contributed by atoms with Crippen LogP contribution in [0.15, 0.2) is 29.6 Å². The smallest absolute Gasteiger partial charge is 0.411 e. The lowest BCUT2D eigenvalue weighted by atomic mass is 9.99. The molecular formula is C21H27N3O2S. The molecule has 0 bridgehead atoms. The van der Waals surface area contributed by atoms with E-state index in [0.29, 0.717) is 18.4 Å². The third-order valence-corrected chi connectivity index (χ3v) is 6.49. The minimum absolute atomic E-state index is 0.381. The van der Waals surface area contributed by atoms with Gasteiger partial charge < -0.3 is 10.1 Å². The summed E-state index contributed by atoms with van der Waals surface area (Å²) in [6, 6.07) is 7.84. The van der Waals surface area contributed by atoms with Crippen molar-refractivity contribution in [3.63, 3.8) is 0 Å². The molecular weight excluding hydrogens is 358 g/mol. The lowest BCUT2D eigenvalue weighted by Gasteiger charge is -2.22. The Labute approximate surface area is 164 Å². The van der Waals surface area contributed by atoms with Crippen molar-refractivity contribution in [1.82, 2.24) is 10.3 Å². The van der Waals surface area contributed by atoms with E-state index in [1.54, 1.807) is 11.3 Å². The van der Waals surface area contributed by atoms with E-state index in [0.717, 1.165) is 42.2 Å². The summed E-state index contributed by atoms with van der Waals surface area (Å²) >= 11 is 1.66. The van der Waals surface area contributed by atoms with Gasteiger partial charge in [0.2, 0.25) is 0 Å². The van der Waals surface area contributed by atoms with Crippen molar-refractivity contribution in [2.24, 2.45) is 5.92 Å². The molecule has 1 saturated heterocycles. The number of thiazole rings is 1. The SMILES string of the molecule is O=C(Nc1ccccc1-c1nc(C2CCCC2)cs1)OCC1CCNCC1. The van der Waals surface area contributed by atoms with Crippen molar-refractivity contribution < 1.29 is 9.53 Å². The Balaban J connectivity index is 1.41. The van der Waals surface area contributed by atoms with E-state index in [9.17, 15) is 4.79 Å². The van der Waals surface area contributed by atoms with Gasteiger partial charge in [0.15, 0.2) is 0 Å². The van der Waals surface area contributed by atoms with E-state index in [4.69, 9.17) is 9.72 Å². The van der Waals surface area contributed by atoms with Gasteiger partial charge >= 0.3 is 6.09 Å². The molecule has 0 unspecified atom stereocenters. The molecule has 1 aromatic carbocycles. The maximum Gasteiger partial charge on any atom is 0.411 e. The van der Waals surface area contributed by atoms with Crippen LogP contribution in [0.5, 0.6) is 0 Å². The Morgan fingerprint density at radius 3 is 2.78 bits per heavy atom. The predicted octanol–water partition coefficient (Wildman–Crippen LogP) is 5.02. The number of rotatable bonds is 5. The van der Waals surface area contributed by atoms with Crippen LogP contribution in [-0.2, 0) is 4.74 Å². The molecule has 144 valence electrons. The number of amides is 1. The zero-order valence-electron chi connectivity index (χ0n) is 15.6. The van der Waals surface area contributed by atoms with Crippen molar-refractivity contribution in [3.8, 4) is 10.6 Å². The predicted molar refractivity (Wildman–Crippen MR) is 109 cm³/mol. The number of ether oxygens (including phenoxy) is 1. The number of piperidine rings is 1. The highest BCUT2D eigenvalue weighted by molar-refractivity contribution is 7.13. The van der Waals surface area contributed by atoms with E-state index >= 15 is 0 Å². The highest BCUT2D eigenvalue weighted by Gasteiger charge is 2.21. The van der Waals surface area contributed by atoms with Crippen LogP contribution < -0.4 is 10.6 Å². The Morgan fingerprint density at radius 1 is 1.19 bits per heavy atom. The lowest BCUT2D eigenvalue weighted by Crippen LogP contribution is -2.31. The third kappa shape index (κ3) is 4.68. The molecule has 1 aromatic heterocycles. The topological polar surface area (TPSA) is 63.2 Å². The van der Waals surface area contributed by atoms with Gasteiger partial charge in [-0.3, -0.25) is 5.32 Å². The second kappa shape index (κ2) is 8.85. The molecule has 0 radical (unpaired) electrons. The van der Waals surface area contributed by atoms with Crippen LogP contribution in [0.4, 0.5) is 10.5 Å². The number of nitrogens with zero attached hydrogens (tertiary/aromatic N) is 1. The molecule has 0 atom stereocenters. The third-order valence-electron chi connectivity index (χ3n) is 5.60. The first-order valence-electron chi connectivity index (χ1n) is 9.99. The molecule has 6 heteroatoms. The maximum atomic E-state index is 12.3. The molecule has 2 heterocycles. The number of hydrogen-bond donors (Lipinski definition) is 2. The van der Waals surface area contributed by atoms with Crippen LogP contribution in [0.25, 0.3) is 10.6 Å². The summed E-state index contributed by atoms with van der Waals surface area (Å²) in [5, 5.41) is 9.39. The van der Waals surface area contributed by atoms with E-state index in [1.807, 2.05) is 24.3 Å². The van der Waals surface area contributed by atoms with Gasteiger partial charge in [-0.1, -0.05) is 25.0 Å². The fourth-order valence-corrected chi connectivity index (χ4v) is 4.93. The van der Waals surface area contributed by atoms with Gasteiger partial charge in [-0.25, -0.2) is 9.78 Å². The Morgan fingerprint density at radius 2 is 1.96 bits per heavy atom. The monoisotopic (exact) mass is 385 g/mol. The minimum Gasteiger partial charge on any atom is -0.449 e. The molecule has 1 aliphatic heterocycles. The maximum absolute atomic E-state index is 12.3. The first-order chi connectivity index (χ1) is 13.3. The standard InChI is InChI=1S/C21H27N3O2S/c25-21(26-13-15-9-11-22-12-10-15)24-18-8-4-3-7-17(18)20-23-19(14-27-20)16-5-1-2-6-16/h3-4,7-8,14-16,22H,1-2,5-6,9-13H2,(H,24,25). The highest BCUT2D eigenvalue weighted by atomic mass is 32.1. The quantitative estimate of drug-likeness (QED) is 0.759. The fraction of sp³-hybridized carbons (Fsp3) is 0.524. The summed E-state index contributed by atoms with van der Waals surface area (Å²) in [5.74, 6) is 1.06. The van der Waals surface area contributed by atoms with Crippen molar-refractivity contribution in [2.75, 3.05) is 25.0 Å². The number of carbonyl (C=O) groups excluding carboxylic acids is 1. The van der Waals surface area contributed by atoms with Gasteiger partial charge in [0, 0.05) is 16.9 Å². The number of aromatic nitrogens is 1. The average Bonchev–Trinajstić information content (AvgIpc) is 3.39. The van der Waals surface area contributed by atoms with Crippen LogP contribution in [0, 0.1) is 5.92 Å². The zero-order valence-corrected chi connectivity index (χ0v) is 16.4. The summed E-state index contributed by atoms with van der Waals surface area (Å²) in [5.41, 5.74) is 2.93. The van der Waals surface area contributed by atoms with E-state index in [1.165, 1.54) is 31.4 Å². The first kappa shape index (κ1) is 18.4. The van der Waals surface area contributed by atoms with Gasteiger partial charge in [-0.2, -0.15) is 0 Å². The number of carbonyl (C=O) groups is 1. The Hall–Kier alpha value is -1.92. The molecule has 2 aliphatic rings. The van der Waals surface area contributed by atoms with Gasteiger partial charge in [0.1, 0.15) is 5.01 Å². The Bertz CT molecular complexity index is 764. The van der Waals surface area contributed by atoms with E-state index < -0.39 is 0 Å². The van der Waals surface area contributed by atoms with E-state index in [2.05, 4.69) is 16.0 Å². The normalized spacial score (nSPS) is 18.5. The molecule has 4 rings (SSSR count). The molecule has 2 fully saturated rings. The summed E-state index contributed by atoms with van der Waals surface area (Å²) in [7, 11) is 0. The van der Waals surface area contributed by atoms with Gasteiger partial charge in [-0.05, 0) is 56.8 Å². The van der Waals surface area contributed by atoms with Crippen LogP contribution in [0.2, 0.25) is 0 Å². The summed E-state index contributed by atoms with van der Waals surface area (Å²) in [6.45, 7) is 2.50. The second-order valence-electron chi connectivity index (χ2n) is 7.52. The molecule has 1 amide bonds. The van der Waals surface area contributed by atoms with Gasteiger partial charge in [0.25, 0.3) is 0 Å². The largest absolute Gasteiger partial charge is 0.449 e. The zero-order chi connectivity index (χ0) is 18.5. The summed E-state index contributed by atoms with van der Waals surface area (Å²) in [4.78, 5) is 17.2. The molecule has 1 aliphatic carbocycles. The number of hydrogen-bond acceptors (Lipinski definition) is 5. The summed E-state index contributed by atoms with van der Waals surface area (Å²) < 4.78 is 5.47. The molecule has 0 spiro atoms. The van der Waals surface area contributed by atoms with Crippen molar-refractivity contribution >= 4 is 23.1 Å². The van der Waals surface area contributed by atoms with Gasteiger partial charge in [0.05, 0.1) is 18.0 Å². The number of anilines is 1. The van der Waals surface area contributed by atoms with Crippen LogP contribution in [0.1, 0.15) is 50.1 Å². The van der Waals surface area contributed by atoms with E-state index in [-0.39, 0.29) is 6.09 Å². The average molecular weight is 386 g/mol. The van der Waals surface area contributed by atoms with Crippen LogP contribution >= 0.6 is 11.3 Å². The first-order valence-corrected chi connectivity index (χ1v) is 10.9. The van der Waals surface area contributed by atoms with Crippen LogP contribution in [0.3, 0.4) is 0 Å². The van der Waals surface area contributed by atoms with Crippen molar-refractivity contribution in [3.05, 3.63) is 35.3 Å². The number of para-hydroxylation sites is 1. The summed E-state index contributed by atoms with van der Waals surface area (Å²) in [6.07, 6.45) is 6.84. The lowest BCUT2D eigenvalue weighted by molar-refractivity contribution is 0.131.